The quantitative estimate of drug-likeness (QED) is 0.704. The van der Waals surface area contributed by atoms with E-state index in [1.807, 2.05) is 19.9 Å². The minimum atomic E-state index is 0.0384. The Balaban J connectivity index is 2.63. The second-order valence-electron chi connectivity index (χ2n) is 4.41. The molecule has 4 nitrogen and oxygen atoms in total. The van der Waals surface area contributed by atoms with Crippen LogP contribution in [0.25, 0.3) is 0 Å². The van der Waals surface area contributed by atoms with Crippen LogP contribution in [0.3, 0.4) is 0 Å². The Kier molecular flexibility index (Phi) is 5.25. The molecule has 0 amide bonds. The first kappa shape index (κ1) is 13.8. The van der Waals surface area contributed by atoms with Gasteiger partial charge in [0.2, 0.25) is 0 Å². The van der Waals surface area contributed by atoms with Gasteiger partial charge in [-0.1, -0.05) is 19.9 Å². The molecule has 1 aromatic carbocycles. The topological polar surface area (TPSA) is 61.7 Å². The van der Waals surface area contributed by atoms with Crippen molar-refractivity contribution in [1.82, 2.24) is 5.32 Å². The van der Waals surface area contributed by atoms with E-state index in [1.54, 1.807) is 19.2 Å². The first-order valence-corrected chi connectivity index (χ1v) is 5.78. The van der Waals surface area contributed by atoms with Crippen molar-refractivity contribution in [1.29, 1.82) is 0 Å². The number of aromatic hydroxyl groups is 1. The molecule has 1 aromatic rings. The largest absolute Gasteiger partial charge is 0.507 e. The number of methoxy groups -OCH3 is 1. The molecular formula is C13H21NO3. The van der Waals surface area contributed by atoms with Crippen molar-refractivity contribution in [3.63, 3.8) is 0 Å². The molecule has 0 unspecified atom stereocenters. The number of ether oxygens (including phenoxy) is 1. The van der Waals surface area contributed by atoms with Gasteiger partial charge in [0.1, 0.15) is 11.5 Å². The lowest BCUT2D eigenvalue weighted by molar-refractivity contribution is 0.209. The van der Waals surface area contributed by atoms with E-state index in [4.69, 9.17) is 4.74 Å². The van der Waals surface area contributed by atoms with Crippen molar-refractivity contribution in [2.75, 3.05) is 13.7 Å². The molecule has 0 spiro atoms. The molecule has 17 heavy (non-hydrogen) atoms. The highest BCUT2D eigenvalue weighted by Crippen LogP contribution is 2.23. The summed E-state index contributed by atoms with van der Waals surface area (Å²) >= 11 is 0. The molecule has 0 radical (unpaired) electrons. The molecule has 1 rings (SSSR count). The molecule has 96 valence electrons. The zero-order valence-electron chi connectivity index (χ0n) is 10.6. The number of nitrogens with one attached hydrogen (secondary N) is 1. The Morgan fingerprint density at radius 2 is 2.06 bits per heavy atom. The Bertz CT molecular complexity index is 353. The van der Waals surface area contributed by atoms with E-state index in [2.05, 4.69) is 5.32 Å². The average Bonchev–Trinajstić information content (AvgIpc) is 2.31. The van der Waals surface area contributed by atoms with Crippen LogP contribution in [0.5, 0.6) is 11.5 Å². The number of rotatable bonds is 6. The fourth-order valence-corrected chi connectivity index (χ4v) is 1.57. The van der Waals surface area contributed by atoms with Gasteiger partial charge < -0.3 is 20.3 Å². The SMILES string of the molecule is COc1ccc(CN[C@H](CO)C(C)C)c(O)c1. The number of hydrogen-bond donors (Lipinski definition) is 3. The van der Waals surface area contributed by atoms with Gasteiger partial charge in [0.25, 0.3) is 0 Å². The maximum atomic E-state index is 9.76. The minimum Gasteiger partial charge on any atom is -0.507 e. The van der Waals surface area contributed by atoms with Crippen LogP contribution in [0.2, 0.25) is 0 Å². The fraction of sp³-hybridized carbons (Fsp3) is 0.538. The fourth-order valence-electron chi connectivity index (χ4n) is 1.57. The van der Waals surface area contributed by atoms with E-state index < -0.39 is 0 Å². The van der Waals surface area contributed by atoms with Crippen molar-refractivity contribution < 1.29 is 14.9 Å². The van der Waals surface area contributed by atoms with E-state index in [0.29, 0.717) is 18.2 Å². The second kappa shape index (κ2) is 6.47. The molecule has 0 bridgehead atoms. The van der Waals surface area contributed by atoms with E-state index in [1.165, 1.54) is 0 Å². The monoisotopic (exact) mass is 239 g/mol. The van der Waals surface area contributed by atoms with Crippen LogP contribution >= 0.6 is 0 Å². The average molecular weight is 239 g/mol. The highest BCUT2D eigenvalue weighted by Gasteiger charge is 2.12. The summed E-state index contributed by atoms with van der Waals surface area (Å²) in [5, 5.41) is 22.2. The van der Waals surface area contributed by atoms with Gasteiger partial charge in [0.15, 0.2) is 0 Å². The number of phenols is 1. The van der Waals surface area contributed by atoms with E-state index in [9.17, 15) is 10.2 Å². The highest BCUT2D eigenvalue weighted by atomic mass is 16.5. The lowest BCUT2D eigenvalue weighted by atomic mass is 10.0. The van der Waals surface area contributed by atoms with Crippen LogP contribution in [-0.4, -0.2) is 30.0 Å². The van der Waals surface area contributed by atoms with Crippen LogP contribution in [-0.2, 0) is 6.54 Å². The molecule has 3 N–H and O–H groups in total. The summed E-state index contributed by atoms with van der Waals surface area (Å²) in [6, 6.07) is 5.24. The number of benzene rings is 1. The molecule has 0 saturated carbocycles. The molecule has 0 aliphatic heterocycles. The summed E-state index contributed by atoms with van der Waals surface area (Å²) in [5.74, 6) is 1.19. The van der Waals surface area contributed by atoms with E-state index >= 15 is 0 Å². The van der Waals surface area contributed by atoms with Crippen molar-refractivity contribution in [2.45, 2.75) is 26.4 Å². The maximum Gasteiger partial charge on any atom is 0.123 e. The summed E-state index contributed by atoms with van der Waals surface area (Å²) in [7, 11) is 1.56. The molecule has 1 atom stereocenters. The standard InChI is InChI=1S/C13H21NO3/c1-9(2)12(8-15)14-7-10-4-5-11(17-3)6-13(10)16/h4-6,9,12,14-16H,7-8H2,1-3H3/t12-/m1/s1. The van der Waals surface area contributed by atoms with Gasteiger partial charge in [0.05, 0.1) is 13.7 Å². The summed E-state index contributed by atoms with van der Waals surface area (Å²) in [4.78, 5) is 0. The number of phenolic OH excluding ortho intramolecular Hbond substituents is 1. The smallest absolute Gasteiger partial charge is 0.123 e. The summed E-state index contributed by atoms with van der Waals surface area (Å²) in [6.45, 7) is 4.71. The van der Waals surface area contributed by atoms with Crippen LogP contribution in [0.15, 0.2) is 18.2 Å². The summed E-state index contributed by atoms with van der Waals surface area (Å²) in [5.41, 5.74) is 0.796. The van der Waals surface area contributed by atoms with Gasteiger partial charge >= 0.3 is 0 Å². The highest BCUT2D eigenvalue weighted by molar-refractivity contribution is 5.39. The third-order valence-electron chi connectivity index (χ3n) is 2.85. The molecule has 0 saturated heterocycles. The third-order valence-corrected chi connectivity index (χ3v) is 2.85. The Labute approximate surface area is 102 Å². The van der Waals surface area contributed by atoms with Crippen molar-refractivity contribution >= 4 is 0 Å². The lowest BCUT2D eigenvalue weighted by Gasteiger charge is -2.20. The van der Waals surface area contributed by atoms with Crippen LogP contribution in [0, 0.1) is 5.92 Å². The number of hydrogen-bond acceptors (Lipinski definition) is 4. The second-order valence-corrected chi connectivity index (χ2v) is 4.41. The van der Waals surface area contributed by atoms with Crippen LogP contribution < -0.4 is 10.1 Å². The molecule has 0 heterocycles. The van der Waals surface area contributed by atoms with E-state index in [0.717, 1.165) is 5.56 Å². The zero-order valence-corrected chi connectivity index (χ0v) is 10.6. The van der Waals surface area contributed by atoms with Gasteiger partial charge in [-0.05, 0) is 12.0 Å². The van der Waals surface area contributed by atoms with Gasteiger partial charge in [-0.15, -0.1) is 0 Å². The predicted molar refractivity (Wildman–Crippen MR) is 67.2 cm³/mol. The Morgan fingerprint density at radius 1 is 1.35 bits per heavy atom. The van der Waals surface area contributed by atoms with Crippen LogP contribution in [0.4, 0.5) is 0 Å². The third kappa shape index (κ3) is 3.91. The summed E-state index contributed by atoms with van der Waals surface area (Å²) in [6.07, 6.45) is 0. The molecule has 0 aliphatic carbocycles. The number of aliphatic hydroxyl groups excluding tert-OH is 1. The normalized spacial score (nSPS) is 12.8. The first-order valence-electron chi connectivity index (χ1n) is 5.78. The minimum absolute atomic E-state index is 0.0384. The van der Waals surface area contributed by atoms with Crippen molar-refractivity contribution in [2.24, 2.45) is 5.92 Å². The Hall–Kier alpha value is -1.26. The van der Waals surface area contributed by atoms with Crippen molar-refractivity contribution in [3.8, 4) is 11.5 Å². The number of aliphatic hydroxyl groups is 1. The van der Waals surface area contributed by atoms with E-state index in [-0.39, 0.29) is 18.4 Å². The zero-order chi connectivity index (χ0) is 12.8. The molecule has 0 aromatic heterocycles. The molecule has 0 fully saturated rings. The van der Waals surface area contributed by atoms with Gasteiger partial charge in [-0.2, -0.15) is 0 Å². The van der Waals surface area contributed by atoms with Crippen molar-refractivity contribution in [3.05, 3.63) is 23.8 Å². The molecule has 4 heteroatoms. The van der Waals surface area contributed by atoms with Gasteiger partial charge in [-0.25, -0.2) is 0 Å². The molecule has 0 aliphatic rings. The van der Waals surface area contributed by atoms with Crippen LogP contribution in [0.1, 0.15) is 19.4 Å². The first-order chi connectivity index (χ1) is 8.08. The Morgan fingerprint density at radius 3 is 2.53 bits per heavy atom. The molecular weight excluding hydrogens is 218 g/mol. The van der Waals surface area contributed by atoms with Gasteiger partial charge in [-0.3, -0.25) is 0 Å². The van der Waals surface area contributed by atoms with Gasteiger partial charge in [0, 0.05) is 24.2 Å². The summed E-state index contributed by atoms with van der Waals surface area (Å²) < 4.78 is 5.01. The maximum absolute atomic E-state index is 9.76. The predicted octanol–water partition coefficient (Wildman–Crippen LogP) is 1.51. The lowest BCUT2D eigenvalue weighted by Crippen LogP contribution is -2.36.